The van der Waals surface area contributed by atoms with Gasteiger partial charge in [-0.05, 0) is 57.4 Å². The second-order valence-electron chi connectivity index (χ2n) is 7.94. The third-order valence-corrected chi connectivity index (χ3v) is 7.53. The van der Waals surface area contributed by atoms with Crippen LogP contribution in [0.4, 0.5) is 0 Å². The number of sulfonamides is 1. The summed E-state index contributed by atoms with van der Waals surface area (Å²) >= 11 is 0. The molecule has 1 aliphatic heterocycles. The van der Waals surface area contributed by atoms with Crippen LogP contribution in [0, 0.1) is 0 Å². The van der Waals surface area contributed by atoms with Gasteiger partial charge in [-0.2, -0.15) is 4.31 Å². The van der Waals surface area contributed by atoms with Crippen molar-refractivity contribution in [3.05, 3.63) is 29.8 Å². The maximum atomic E-state index is 12.6. The molecule has 7 nitrogen and oxygen atoms in total. The van der Waals surface area contributed by atoms with E-state index in [1.165, 1.54) is 17.3 Å². The molecule has 0 atom stereocenters. The fourth-order valence-electron chi connectivity index (χ4n) is 3.41. The molecule has 30 heavy (non-hydrogen) atoms. The first-order valence-corrected chi connectivity index (χ1v) is 12.0. The van der Waals surface area contributed by atoms with Crippen molar-refractivity contribution in [2.45, 2.75) is 63.6 Å². The third-order valence-electron chi connectivity index (χ3n) is 5.48. The van der Waals surface area contributed by atoms with Crippen LogP contribution in [0.1, 0.15) is 45.6 Å². The van der Waals surface area contributed by atoms with Crippen molar-refractivity contribution in [2.75, 3.05) is 33.7 Å². The lowest BCUT2D eigenvalue weighted by Crippen LogP contribution is -2.48. The summed E-state index contributed by atoms with van der Waals surface area (Å²) in [6.07, 6.45) is 3.45. The summed E-state index contributed by atoms with van der Waals surface area (Å²) in [7, 11) is -0.0603. The second-order valence-corrected chi connectivity index (χ2v) is 9.94. The highest BCUT2D eigenvalue weighted by molar-refractivity contribution is 14.0. The lowest BCUT2D eigenvalue weighted by atomic mass is 10.1. The Bertz CT molecular complexity index is 760. The molecule has 1 heterocycles. The molecule has 1 aromatic rings. The van der Waals surface area contributed by atoms with Crippen LogP contribution in [-0.2, 0) is 16.6 Å². The first kappa shape index (κ1) is 27.1. The number of hydrogen-bond donors (Lipinski definition) is 2. The van der Waals surface area contributed by atoms with E-state index in [0.717, 1.165) is 37.5 Å². The number of likely N-dealkylation sites (tertiary alicyclic amines) is 1. The van der Waals surface area contributed by atoms with E-state index in [1.807, 2.05) is 26.0 Å². The largest absolute Gasteiger partial charge is 0.354 e. The van der Waals surface area contributed by atoms with E-state index < -0.39 is 10.0 Å². The molecule has 0 aliphatic carbocycles. The van der Waals surface area contributed by atoms with Gasteiger partial charge in [-0.25, -0.2) is 8.42 Å². The van der Waals surface area contributed by atoms with Crippen LogP contribution in [0.25, 0.3) is 0 Å². The zero-order valence-corrected chi connectivity index (χ0v) is 22.0. The molecule has 1 aromatic carbocycles. The molecule has 1 aliphatic rings. The summed E-state index contributed by atoms with van der Waals surface area (Å²) in [5.74, 6) is 0.787. The molecule has 172 valence electrons. The van der Waals surface area contributed by atoms with Crippen molar-refractivity contribution in [1.82, 2.24) is 19.8 Å². The number of guanidine groups is 1. The SMILES string of the molecule is CCCN1CCC(NC(=NC)NCc2ccc(S(=O)(=O)N(C)C(C)C)cc2)CC1.I. The van der Waals surface area contributed by atoms with Crippen molar-refractivity contribution in [2.24, 2.45) is 4.99 Å². The zero-order chi connectivity index (χ0) is 21.4. The Labute approximate surface area is 199 Å². The Hall–Kier alpha value is -0.910. The summed E-state index contributed by atoms with van der Waals surface area (Å²) in [5.41, 5.74) is 1.01. The third kappa shape index (κ3) is 7.65. The van der Waals surface area contributed by atoms with E-state index in [1.54, 1.807) is 26.2 Å². The lowest BCUT2D eigenvalue weighted by Gasteiger charge is -2.32. The molecule has 2 rings (SSSR count). The monoisotopic (exact) mass is 551 g/mol. The number of benzene rings is 1. The number of piperidine rings is 1. The summed E-state index contributed by atoms with van der Waals surface area (Å²) in [6, 6.07) is 7.41. The molecule has 0 saturated carbocycles. The molecule has 9 heteroatoms. The number of hydrogen-bond acceptors (Lipinski definition) is 4. The normalized spacial score (nSPS) is 16.6. The van der Waals surface area contributed by atoms with Gasteiger partial charge in [0.1, 0.15) is 0 Å². The van der Waals surface area contributed by atoms with Crippen LogP contribution in [-0.4, -0.2) is 69.4 Å². The average Bonchev–Trinajstić information content (AvgIpc) is 2.72. The summed E-state index contributed by atoms with van der Waals surface area (Å²) in [5, 5.41) is 6.85. The van der Waals surface area contributed by atoms with Gasteiger partial charge in [-0.15, -0.1) is 24.0 Å². The molecular weight excluding hydrogens is 513 g/mol. The summed E-state index contributed by atoms with van der Waals surface area (Å²) < 4.78 is 26.5. The Morgan fingerprint density at radius 1 is 1.23 bits per heavy atom. The van der Waals surface area contributed by atoms with Gasteiger partial charge in [0.25, 0.3) is 0 Å². The van der Waals surface area contributed by atoms with E-state index in [9.17, 15) is 8.42 Å². The van der Waals surface area contributed by atoms with Gasteiger partial charge in [0.15, 0.2) is 5.96 Å². The number of aliphatic imine (C=N–C) groups is 1. The smallest absolute Gasteiger partial charge is 0.243 e. The fraction of sp³-hybridized carbons (Fsp3) is 0.667. The Morgan fingerprint density at radius 3 is 2.33 bits per heavy atom. The van der Waals surface area contributed by atoms with Crippen molar-refractivity contribution in [3.63, 3.8) is 0 Å². The maximum absolute atomic E-state index is 12.6. The Kier molecular flexibility index (Phi) is 11.6. The molecule has 0 spiro atoms. The minimum Gasteiger partial charge on any atom is -0.354 e. The van der Waals surface area contributed by atoms with E-state index in [2.05, 4.69) is 27.4 Å². The highest BCUT2D eigenvalue weighted by Gasteiger charge is 2.23. The van der Waals surface area contributed by atoms with Crippen LogP contribution in [0.3, 0.4) is 0 Å². The minimum atomic E-state index is -3.45. The van der Waals surface area contributed by atoms with Crippen molar-refractivity contribution in [1.29, 1.82) is 0 Å². The highest BCUT2D eigenvalue weighted by atomic mass is 127. The minimum absolute atomic E-state index is 0. The molecule has 0 unspecified atom stereocenters. The quantitative estimate of drug-likeness (QED) is 0.295. The van der Waals surface area contributed by atoms with Crippen LogP contribution in [0.2, 0.25) is 0 Å². The van der Waals surface area contributed by atoms with Crippen LogP contribution in [0.15, 0.2) is 34.2 Å². The van der Waals surface area contributed by atoms with Crippen LogP contribution < -0.4 is 10.6 Å². The molecule has 0 amide bonds. The molecule has 0 radical (unpaired) electrons. The Balaban J connectivity index is 0.00000450. The zero-order valence-electron chi connectivity index (χ0n) is 18.9. The molecule has 2 N–H and O–H groups in total. The first-order chi connectivity index (χ1) is 13.8. The lowest BCUT2D eigenvalue weighted by molar-refractivity contribution is 0.206. The maximum Gasteiger partial charge on any atom is 0.243 e. The number of rotatable bonds is 8. The van der Waals surface area contributed by atoms with E-state index in [-0.39, 0.29) is 30.0 Å². The topological polar surface area (TPSA) is 77.0 Å². The van der Waals surface area contributed by atoms with Crippen molar-refractivity contribution >= 4 is 40.0 Å². The van der Waals surface area contributed by atoms with Gasteiger partial charge < -0.3 is 15.5 Å². The predicted molar refractivity (Wildman–Crippen MR) is 135 cm³/mol. The fourth-order valence-corrected chi connectivity index (χ4v) is 4.78. The highest BCUT2D eigenvalue weighted by Crippen LogP contribution is 2.17. The molecule has 0 bridgehead atoms. The van der Waals surface area contributed by atoms with E-state index in [4.69, 9.17) is 0 Å². The molecular formula is C21H38IN5O2S. The van der Waals surface area contributed by atoms with E-state index >= 15 is 0 Å². The van der Waals surface area contributed by atoms with Gasteiger partial charge in [-0.1, -0.05) is 19.1 Å². The van der Waals surface area contributed by atoms with Crippen LogP contribution in [0.5, 0.6) is 0 Å². The van der Waals surface area contributed by atoms with Gasteiger partial charge >= 0.3 is 0 Å². The number of halogens is 1. The Morgan fingerprint density at radius 2 is 1.83 bits per heavy atom. The molecule has 1 fully saturated rings. The molecule has 1 saturated heterocycles. The number of nitrogens with one attached hydrogen (secondary N) is 2. The summed E-state index contributed by atoms with van der Waals surface area (Å²) in [6.45, 7) is 9.98. The van der Waals surface area contributed by atoms with Crippen molar-refractivity contribution < 1.29 is 8.42 Å². The van der Waals surface area contributed by atoms with Gasteiger partial charge in [0, 0.05) is 45.8 Å². The average molecular weight is 552 g/mol. The number of nitrogens with zero attached hydrogens (tertiary/aromatic N) is 3. The second kappa shape index (κ2) is 12.8. The van der Waals surface area contributed by atoms with Crippen LogP contribution >= 0.6 is 24.0 Å². The van der Waals surface area contributed by atoms with Gasteiger partial charge in [-0.3, -0.25) is 4.99 Å². The first-order valence-electron chi connectivity index (χ1n) is 10.5. The molecule has 0 aromatic heterocycles. The van der Waals surface area contributed by atoms with Crippen molar-refractivity contribution in [3.8, 4) is 0 Å². The standard InChI is InChI=1S/C21H37N5O2S.HI/c1-6-13-26-14-11-19(12-15-26)24-21(22-4)23-16-18-7-9-20(10-8-18)29(27,28)25(5)17(2)3;/h7-10,17,19H,6,11-16H2,1-5H3,(H2,22,23,24);1H. The predicted octanol–water partition coefficient (Wildman–Crippen LogP) is 2.87. The van der Waals surface area contributed by atoms with Gasteiger partial charge in [0.2, 0.25) is 10.0 Å². The van der Waals surface area contributed by atoms with Gasteiger partial charge in [0.05, 0.1) is 4.90 Å². The van der Waals surface area contributed by atoms with E-state index in [0.29, 0.717) is 17.5 Å². The summed E-state index contributed by atoms with van der Waals surface area (Å²) in [4.78, 5) is 7.16.